The van der Waals surface area contributed by atoms with Crippen LogP contribution in [0.4, 0.5) is 0 Å². The van der Waals surface area contributed by atoms with E-state index < -0.39 is 10.0 Å². The molecule has 2 aromatic carbocycles. The van der Waals surface area contributed by atoms with Gasteiger partial charge < -0.3 is 4.74 Å². The van der Waals surface area contributed by atoms with Crippen LogP contribution in [0.1, 0.15) is 28.7 Å². The van der Waals surface area contributed by atoms with Crippen molar-refractivity contribution in [2.24, 2.45) is 5.14 Å². The Morgan fingerprint density at radius 2 is 1.58 bits per heavy atom. The summed E-state index contributed by atoms with van der Waals surface area (Å²) in [6.45, 7) is 4.26. The zero-order chi connectivity index (χ0) is 17.7. The van der Waals surface area contributed by atoms with Gasteiger partial charge in [0.2, 0.25) is 10.0 Å². The molecule has 128 valence electrons. The Kier molecular flexibility index (Phi) is 5.75. The van der Waals surface area contributed by atoms with Gasteiger partial charge in [-0.15, -0.1) is 0 Å². The molecule has 0 spiro atoms. The van der Waals surface area contributed by atoms with Crippen LogP contribution in [0.5, 0.6) is 0 Å². The normalized spacial score (nSPS) is 11.3. The fourth-order valence-corrected chi connectivity index (χ4v) is 3.00. The molecule has 0 saturated carbocycles. The highest BCUT2D eigenvalue weighted by atomic mass is 32.2. The third-order valence-corrected chi connectivity index (χ3v) is 4.48. The van der Waals surface area contributed by atoms with Crippen molar-refractivity contribution in [1.82, 2.24) is 0 Å². The third kappa shape index (κ3) is 5.47. The van der Waals surface area contributed by atoms with E-state index in [1.54, 1.807) is 12.1 Å². The van der Waals surface area contributed by atoms with E-state index in [4.69, 9.17) is 9.88 Å². The van der Waals surface area contributed by atoms with E-state index >= 15 is 0 Å². The maximum Gasteiger partial charge on any atom is 0.306 e. The van der Waals surface area contributed by atoms with Crippen molar-refractivity contribution in [3.8, 4) is 0 Å². The Morgan fingerprint density at radius 3 is 2.12 bits per heavy atom. The van der Waals surface area contributed by atoms with E-state index in [1.807, 2.05) is 26.0 Å². The number of ether oxygens (including phenoxy) is 1. The van der Waals surface area contributed by atoms with Crippen molar-refractivity contribution < 1.29 is 17.9 Å². The highest BCUT2D eigenvalue weighted by Gasteiger charge is 2.08. The van der Waals surface area contributed by atoms with Crippen LogP contribution in [0.2, 0.25) is 0 Å². The SMILES string of the molecule is Cc1cc(C)cc(COC(=O)CCc2ccc(S(N)(=O)=O)cc2)c1. The number of carbonyl (C=O) groups excluding carboxylic acids is 1. The number of carbonyl (C=O) groups is 1. The Balaban J connectivity index is 1.85. The van der Waals surface area contributed by atoms with Crippen molar-refractivity contribution in [2.75, 3.05) is 0 Å². The minimum Gasteiger partial charge on any atom is -0.461 e. The summed E-state index contributed by atoms with van der Waals surface area (Å²) >= 11 is 0. The molecule has 2 aromatic rings. The quantitative estimate of drug-likeness (QED) is 0.814. The van der Waals surface area contributed by atoms with Gasteiger partial charge in [0.15, 0.2) is 0 Å². The highest BCUT2D eigenvalue weighted by Crippen LogP contribution is 2.12. The van der Waals surface area contributed by atoms with E-state index in [1.165, 1.54) is 12.1 Å². The number of sulfonamides is 1. The zero-order valence-electron chi connectivity index (χ0n) is 13.8. The largest absolute Gasteiger partial charge is 0.461 e. The van der Waals surface area contributed by atoms with Crippen LogP contribution >= 0.6 is 0 Å². The van der Waals surface area contributed by atoms with Gasteiger partial charge in [-0.05, 0) is 43.5 Å². The Hall–Kier alpha value is -2.18. The summed E-state index contributed by atoms with van der Waals surface area (Å²) in [7, 11) is -3.69. The number of aryl methyl sites for hydroxylation is 3. The smallest absolute Gasteiger partial charge is 0.306 e. The molecule has 0 aromatic heterocycles. The lowest BCUT2D eigenvalue weighted by Gasteiger charge is -2.07. The van der Waals surface area contributed by atoms with Gasteiger partial charge in [-0.3, -0.25) is 4.79 Å². The second-order valence-electron chi connectivity index (χ2n) is 5.85. The summed E-state index contributed by atoms with van der Waals surface area (Å²) in [6, 6.07) is 12.2. The average Bonchev–Trinajstić information content (AvgIpc) is 2.49. The number of benzene rings is 2. The minimum atomic E-state index is -3.69. The van der Waals surface area contributed by atoms with Crippen LogP contribution in [0.25, 0.3) is 0 Å². The average molecular weight is 347 g/mol. The van der Waals surface area contributed by atoms with Gasteiger partial charge in [-0.1, -0.05) is 41.5 Å². The number of primary sulfonamides is 1. The molecule has 0 bridgehead atoms. The van der Waals surface area contributed by atoms with E-state index in [0.29, 0.717) is 6.42 Å². The van der Waals surface area contributed by atoms with Gasteiger partial charge in [0.05, 0.1) is 4.90 Å². The maximum absolute atomic E-state index is 11.8. The van der Waals surface area contributed by atoms with Gasteiger partial charge in [0.25, 0.3) is 0 Å². The van der Waals surface area contributed by atoms with Gasteiger partial charge in [0.1, 0.15) is 6.61 Å². The first-order chi connectivity index (χ1) is 11.2. The third-order valence-electron chi connectivity index (χ3n) is 3.55. The molecular formula is C18H21NO4S. The lowest BCUT2D eigenvalue weighted by atomic mass is 10.1. The van der Waals surface area contributed by atoms with E-state index in [-0.39, 0.29) is 23.9 Å². The molecule has 0 radical (unpaired) electrons. The molecule has 0 aliphatic heterocycles. The van der Waals surface area contributed by atoms with Gasteiger partial charge >= 0.3 is 5.97 Å². The molecule has 0 heterocycles. The molecule has 5 nitrogen and oxygen atoms in total. The van der Waals surface area contributed by atoms with Crippen LogP contribution in [-0.4, -0.2) is 14.4 Å². The summed E-state index contributed by atoms with van der Waals surface area (Å²) in [4.78, 5) is 11.9. The number of esters is 1. The van der Waals surface area contributed by atoms with E-state index in [2.05, 4.69) is 6.07 Å². The predicted octanol–water partition coefficient (Wildman–Crippen LogP) is 2.63. The Bertz CT molecular complexity index is 806. The molecule has 0 saturated heterocycles. The van der Waals surface area contributed by atoms with Crippen LogP contribution in [0, 0.1) is 13.8 Å². The first-order valence-corrected chi connectivity index (χ1v) is 9.13. The first-order valence-electron chi connectivity index (χ1n) is 7.58. The van der Waals surface area contributed by atoms with Crippen LogP contribution in [0.15, 0.2) is 47.4 Å². The van der Waals surface area contributed by atoms with E-state index in [0.717, 1.165) is 22.3 Å². The number of rotatable bonds is 6. The van der Waals surface area contributed by atoms with Crippen molar-refractivity contribution in [3.63, 3.8) is 0 Å². The zero-order valence-corrected chi connectivity index (χ0v) is 14.6. The topological polar surface area (TPSA) is 86.5 Å². The minimum absolute atomic E-state index is 0.0589. The van der Waals surface area contributed by atoms with Gasteiger partial charge in [0, 0.05) is 6.42 Å². The Labute approximate surface area is 142 Å². The maximum atomic E-state index is 11.8. The molecule has 0 aliphatic carbocycles. The Morgan fingerprint density at radius 1 is 1.00 bits per heavy atom. The molecule has 0 amide bonds. The molecule has 2 N–H and O–H groups in total. The molecule has 24 heavy (non-hydrogen) atoms. The van der Waals surface area contributed by atoms with E-state index in [9.17, 15) is 13.2 Å². The summed E-state index contributed by atoms with van der Waals surface area (Å²) in [5, 5.41) is 5.04. The monoisotopic (exact) mass is 347 g/mol. The molecule has 0 unspecified atom stereocenters. The lowest BCUT2D eigenvalue weighted by molar-refractivity contribution is -0.144. The predicted molar refractivity (Wildman–Crippen MR) is 91.8 cm³/mol. The molecule has 0 fully saturated rings. The van der Waals surface area contributed by atoms with Crippen LogP contribution in [-0.2, 0) is 32.6 Å². The number of nitrogens with two attached hydrogens (primary N) is 1. The van der Waals surface area contributed by atoms with Gasteiger partial charge in [-0.2, -0.15) is 0 Å². The van der Waals surface area contributed by atoms with Crippen molar-refractivity contribution in [1.29, 1.82) is 0 Å². The molecule has 0 aliphatic rings. The number of hydrogen-bond acceptors (Lipinski definition) is 4. The van der Waals surface area contributed by atoms with Crippen LogP contribution < -0.4 is 5.14 Å². The summed E-state index contributed by atoms with van der Waals surface area (Å²) in [5.41, 5.74) is 4.09. The fourth-order valence-electron chi connectivity index (χ4n) is 2.48. The summed E-state index contributed by atoms with van der Waals surface area (Å²) < 4.78 is 27.6. The van der Waals surface area contributed by atoms with Gasteiger partial charge in [-0.25, -0.2) is 13.6 Å². The standard InChI is InChI=1S/C18H21NO4S/c1-13-9-14(2)11-16(10-13)12-23-18(20)8-5-15-3-6-17(7-4-15)24(19,21)22/h3-4,6-7,9-11H,5,8,12H2,1-2H3,(H2,19,21,22). The van der Waals surface area contributed by atoms with Crippen molar-refractivity contribution in [3.05, 3.63) is 64.7 Å². The summed E-state index contributed by atoms with van der Waals surface area (Å²) in [5.74, 6) is -0.287. The second-order valence-corrected chi connectivity index (χ2v) is 7.41. The highest BCUT2D eigenvalue weighted by molar-refractivity contribution is 7.89. The van der Waals surface area contributed by atoms with Crippen molar-refractivity contribution >= 4 is 16.0 Å². The lowest BCUT2D eigenvalue weighted by Crippen LogP contribution is -2.12. The second kappa shape index (κ2) is 7.59. The molecule has 0 atom stereocenters. The molecule has 6 heteroatoms. The molecular weight excluding hydrogens is 326 g/mol. The van der Waals surface area contributed by atoms with Crippen LogP contribution in [0.3, 0.4) is 0 Å². The number of hydrogen-bond donors (Lipinski definition) is 1. The summed E-state index contributed by atoms with van der Waals surface area (Å²) in [6.07, 6.45) is 0.718. The first kappa shape index (κ1) is 18.2. The fraction of sp³-hybridized carbons (Fsp3) is 0.278. The molecule has 2 rings (SSSR count). The van der Waals surface area contributed by atoms with Crippen molar-refractivity contribution in [2.45, 2.75) is 38.2 Å².